The molecule has 0 aliphatic heterocycles. The molecule has 0 N–H and O–H groups in total. The molecule has 0 amide bonds. The van der Waals surface area contributed by atoms with Gasteiger partial charge in [-0.25, -0.2) is 0 Å². The first-order chi connectivity index (χ1) is 8.22. The summed E-state index contributed by atoms with van der Waals surface area (Å²) in [5.41, 5.74) is 1.88. The molecule has 2 nitrogen and oxygen atoms in total. The van der Waals surface area contributed by atoms with Crippen molar-refractivity contribution in [1.29, 1.82) is 0 Å². The van der Waals surface area contributed by atoms with Crippen molar-refractivity contribution < 1.29 is 4.79 Å². The van der Waals surface area contributed by atoms with E-state index in [4.69, 9.17) is 0 Å². The van der Waals surface area contributed by atoms with E-state index in [9.17, 15) is 4.79 Å². The van der Waals surface area contributed by atoms with Crippen LogP contribution in [0.1, 0.15) is 54.9 Å². The molecule has 2 rings (SSSR count). The molecule has 1 fully saturated rings. The van der Waals surface area contributed by atoms with E-state index in [-0.39, 0.29) is 5.92 Å². The average molecular weight is 231 g/mol. The van der Waals surface area contributed by atoms with Gasteiger partial charge in [-0.15, -0.1) is 0 Å². The summed E-state index contributed by atoms with van der Waals surface area (Å²) in [5.74, 6) is 1.39. The maximum atomic E-state index is 12.4. The number of hydrogen-bond acceptors (Lipinski definition) is 2. The highest BCUT2D eigenvalue weighted by atomic mass is 16.1. The number of carbonyl (C=O) groups excluding carboxylic acids is 1. The molecule has 0 spiro atoms. The van der Waals surface area contributed by atoms with Gasteiger partial charge >= 0.3 is 0 Å². The quantitative estimate of drug-likeness (QED) is 0.741. The first-order valence-corrected chi connectivity index (χ1v) is 6.67. The Labute approximate surface area is 103 Å². The molecule has 0 radical (unpaired) electrons. The Morgan fingerprint density at radius 1 is 1.35 bits per heavy atom. The van der Waals surface area contributed by atoms with Crippen molar-refractivity contribution >= 4 is 5.78 Å². The SMILES string of the molecule is CCC1CCC(C(=O)c2cnccc2C)CC1. The third kappa shape index (κ3) is 2.74. The Balaban J connectivity index is 2.04. The van der Waals surface area contributed by atoms with Gasteiger partial charge in [0.05, 0.1) is 0 Å². The zero-order chi connectivity index (χ0) is 12.3. The minimum absolute atomic E-state index is 0.237. The van der Waals surface area contributed by atoms with Crippen LogP contribution in [-0.4, -0.2) is 10.8 Å². The Hall–Kier alpha value is -1.18. The van der Waals surface area contributed by atoms with Gasteiger partial charge in [-0.2, -0.15) is 0 Å². The van der Waals surface area contributed by atoms with Crippen LogP contribution in [0.4, 0.5) is 0 Å². The second-order valence-corrected chi connectivity index (χ2v) is 5.18. The molecule has 0 unspecified atom stereocenters. The van der Waals surface area contributed by atoms with Gasteiger partial charge in [0, 0.05) is 23.9 Å². The van der Waals surface area contributed by atoms with E-state index in [1.165, 1.54) is 19.3 Å². The Kier molecular flexibility index (Phi) is 3.93. The molecule has 0 atom stereocenters. The molecule has 1 aromatic heterocycles. The highest BCUT2D eigenvalue weighted by Gasteiger charge is 2.26. The number of nitrogens with zero attached hydrogens (tertiary/aromatic N) is 1. The second-order valence-electron chi connectivity index (χ2n) is 5.18. The predicted octanol–water partition coefficient (Wildman–Crippen LogP) is 3.79. The molecule has 0 bridgehead atoms. The molecule has 1 aromatic rings. The van der Waals surface area contributed by atoms with Crippen molar-refractivity contribution in [3.8, 4) is 0 Å². The molecule has 92 valence electrons. The van der Waals surface area contributed by atoms with E-state index >= 15 is 0 Å². The first-order valence-electron chi connectivity index (χ1n) is 6.67. The van der Waals surface area contributed by atoms with Gasteiger partial charge in [0.1, 0.15) is 0 Å². The molecule has 2 heteroatoms. The molecule has 1 aliphatic carbocycles. The standard InChI is InChI=1S/C15H21NO/c1-3-12-4-6-13(7-5-12)15(17)14-10-16-9-8-11(14)2/h8-10,12-13H,3-7H2,1-2H3. The van der Waals surface area contributed by atoms with Crippen LogP contribution in [0.2, 0.25) is 0 Å². The lowest BCUT2D eigenvalue weighted by Crippen LogP contribution is -2.22. The van der Waals surface area contributed by atoms with Crippen molar-refractivity contribution in [3.63, 3.8) is 0 Å². The Morgan fingerprint density at radius 2 is 2.06 bits per heavy atom. The van der Waals surface area contributed by atoms with E-state index in [1.54, 1.807) is 12.4 Å². The van der Waals surface area contributed by atoms with Crippen LogP contribution in [0.15, 0.2) is 18.5 Å². The summed E-state index contributed by atoms with van der Waals surface area (Å²) >= 11 is 0. The summed E-state index contributed by atoms with van der Waals surface area (Å²) in [6.45, 7) is 4.24. The minimum Gasteiger partial charge on any atom is -0.294 e. The number of aryl methyl sites for hydroxylation is 1. The lowest BCUT2D eigenvalue weighted by molar-refractivity contribution is 0.0870. The van der Waals surface area contributed by atoms with E-state index in [0.717, 1.165) is 29.9 Å². The van der Waals surface area contributed by atoms with Crippen LogP contribution < -0.4 is 0 Å². The minimum atomic E-state index is 0.237. The van der Waals surface area contributed by atoms with Gasteiger partial charge in [0.25, 0.3) is 0 Å². The Bertz CT molecular complexity index is 392. The summed E-state index contributed by atoms with van der Waals surface area (Å²) in [6, 6.07) is 1.92. The van der Waals surface area contributed by atoms with Crippen molar-refractivity contribution in [2.75, 3.05) is 0 Å². The largest absolute Gasteiger partial charge is 0.294 e. The van der Waals surface area contributed by atoms with Gasteiger partial charge in [-0.3, -0.25) is 9.78 Å². The monoisotopic (exact) mass is 231 g/mol. The highest BCUT2D eigenvalue weighted by Crippen LogP contribution is 2.32. The van der Waals surface area contributed by atoms with Crippen LogP contribution in [0.25, 0.3) is 0 Å². The Morgan fingerprint density at radius 3 is 2.65 bits per heavy atom. The lowest BCUT2D eigenvalue weighted by atomic mass is 9.77. The van der Waals surface area contributed by atoms with Gasteiger partial charge in [0.15, 0.2) is 5.78 Å². The number of pyridine rings is 1. The number of rotatable bonds is 3. The van der Waals surface area contributed by atoms with Crippen molar-refractivity contribution in [1.82, 2.24) is 4.98 Å². The number of aromatic nitrogens is 1. The number of hydrogen-bond donors (Lipinski definition) is 0. The van der Waals surface area contributed by atoms with E-state index in [0.29, 0.717) is 5.78 Å². The zero-order valence-electron chi connectivity index (χ0n) is 10.8. The predicted molar refractivity (Wildman–Crippen MR) is 69.0 cm³/mol. The van der Waals surface area contributed by atoms with Gasteiger partial charge in [-0.1, -0.05) is 13.3 Å². The summed E-state index contributed by atoms with van der Waals surface area (Å²) in [4.78, 5) is 16.4. The number of ketones is 1. The van der Waals surface area contributed by atoms with Crippen LogP contribution in [0.3, 0.4) is 0 Å². The summed E-state index contributed by atoms with van der Waals surface area (Å²) < 4.78 is 0. The molecule has 1 saturated carbocycles. The van der Waals surface area contributed by atoms with Gasteiger partial charge < -0.3 is 0 Å². The van der Waals surface area contributed by atoms with E-state index in [1.807, 2.05) is 13.0 Å². The fraction of sp³-hybridized carbons (Fsp3) is 0.600. The summed E-state index contributed by atoms with van der Waals surface area (Å²) in [7, 11) is 0. The maximum absolute atomic E-state index is 12.4. The van der Waals surface area contributed by atoms with E-state index in [2.05, 4.69) is 11.9 Å². The van der Waals surface area contributed by atoms with Crippen LogP contribution in [0.5, 0.6) is 0 Å². The van der Waals surface area contributed by atoms with Crippen LogP contribution in [-0.2, 0) is 0 Å². The van der Waals surface area contributed by atoms with Crippen molar-refractivity contribution in [2.45, 2.75) is 46.0 Å². The molecular weight excluding hydrogens is 210 g/mol. The highest BCUT2D eigenvalue weighted by molar-refractivity contribution is 5.98. The second kappa shape index (κ2) is 5.44. The normalized spacial score (nSPS) is 24.6. The van der Waals surface area contributed by atoms with Crippen LogP contribution in [0, 0.1) is 18.8 Å². The van der Waals surface area contributed by atoms with E-state index < -0.39 is 0 Å². The summed E-state index contributed by atoms with van der Waals surface area (Å²) in [6.07, 6.45) is 9.28. The van der Waals surface area contributed by atoms with Gasteiger partial charge in [-0.05, 0) is 50.2 Å². The van der Waals surface area contributed by atoms with Gasteiger partial charge in [0.2, 0.25) is 0 Å². The number of carbonyl (C=O) groups is 1. The number of Topliss-reactive ketones (excluding diaryl/α,β-unsaturated/α-hetero) is 1. The first kappa shape index (κ1) is 12.3. The fourth-order valence-electron chi connectivity index (χ4n) is 2.77. The molecule has 17 heavy (non-hydrogen) atoms. The van der Waals surface area contributed by atoms with Crippen LogP contribution >= 0.6 is 0 Å². The third-order valence-corrected chi connectivity index (χ3v) is 4.10. The molecule has 0 saturated heterocycles. The molecular formula is C15H21NO. The van der Waals surface area contributed by atoms with Crippen molar-refractivity contribution in [2.24, 2.45) is 11.8 Å². The average Bonchev–Trinajstić information content (AvgIpc) is 2.39. The fourth-order valence-corrected chi connectivity index (χ4v) is 2.77. The molecule has 1 aliphatic rings. The van der Waals surface area contributed by atoms with Crippen molar-refractivity contribution in [3.05, 3.63) is 29.6 Å². The zero-order valence-corrected chi connectivity index (χ0v) is 10.8. The molecule has 0 aromatic carbocycles. The maximum Gasteiger partial charge on any atom is 0.167 e. The molecule has 1 heterocycles. The topological polar surface area (TPSA) is 30.0 Å². The lowest BCUT2D eigenvalue weighted by Gasteiger charge is -2.27. The third-order valence-electron chi connectivity index (χ3n) is 4.10. The summed E-state index contributed by atoms with van der Waals surface area (Å²) in [5, 5.41) is 0. The smallest absolute Gasteiger partial charge is 0.167 e.